The van der Waals surface area contributed by atoms with E-state index in [0.717, 1.165) is 18.6 Å². The lowest BCUT2D eigenvalue weighted by molar-refractivity contribution is -0.121. The number of hydrogen-bond donors (Lipinski definition) is 1. The molecular weight excluding hydrogens is 286 g/mol. The normalized spacial score (nSPS) is 10.3. The Morgan fingerprint density at radius 1 is 1.09 bits per heavy atom. The SMILES string of the molecule is CCc1ccc(CCC(=O)NCCOc2cccc(C)c2)cc1. The van der Waals surface area contributed by atoms with E-state index in [-0.39, 0.29) is 5.91 Å². The van der Waals surface area contributed by atoms with E-state index in [0.29, 0.717) is 19.6 Å². The van der Waals surface area contributed by atoms with Crippen LogP contribution >= 0.6 is 0 Å². The lowest BCUT2D eigenvalue weighted by Gasteiger charge is -2.08. The van der Waals surface area contributed by atoms with Gasteiger partial charge in [-0.3, -0.25) is 4.79 Å². The van der Waals surface area contributed by atoms with Crippen LogP contribution in [0.3, 0.4) is 0 Å². The minimum atomic E-state index is 0.0670. The molecule has 23 heavy (non-hydrogen) atoms. The molecule has 3 nitrogen and oxygen atoms in total. The molecule has 122 valence electrons. The molecule has 1 N–H and O–H groups in total. The van der Waals surface area contributed by atoms with Gasteiger partial charge in [0.1, 0.15) is 12.4 Å². The number of benzene rings is 2. The lowest BCUT2D eigenvalue weighted by Crippen LogP contribution is -2.28. The Hall–Kier alpha value is -2.29. The van der Waals surface area contributed by atoms with Crippen molar-refractivity contribution in [2.24, 2.45) is 0 Å². The summed E-state index contributed by atoms with van der Waals surface area (Å²) in [5.74, 6) is 0.910. The second-order valence-electron chi connectivity index (χ2n) is 5.68. The molecule has 2 aromatic rings. The molecule has 3 heteroatoms. The van der Waals surface area contributed by atoms with Crippen molar-refractivity contribution < 1.29 is 9.53 Å². The third kappa shape index (κ3) is 6.15. The summed E-state index contributed by atoms with van der Waals surface area (Å²) in [6.07, 6.45) is 2.33. The fourth-order valence-corrected chi connectivity index (χ4v) is 2.35. The molecule has 0 unspecified atom stereocenters. The van der Waals surface area contributed by atoms with Crippen molar-refractivity contribution >= 4 is 5.91 Å². The molecule has 2 rings (SSSR count). The summed E-state index contributed by atoms with van der Waals surface area (Å²) in [6.45, 7) is 5.19. The van der Waals surface area contributed by atoms with E-state index < -0.39 is 0 Å². The molecule has 0 aliphatic carbocycles. The maximum atomic E-state index is 11.8. The number of rotatable bonds is 8. The highest BCUT2D eigenvalue weighted by Gasteiger charge is 2.02. The van der Waals surface area contributed by atoms with Gasteiger partial charge in [0.15, 0.2) is 0 Å². The standard InChI is InChI=1S/C20H25NO2/c1-3-17-7-9-18(10-8-17)11-12-20(22)21-13-14-23-19-6-4-5-16(2)15-19/h4-10,15H,3,11-14H2,1-2H3,(H,21,22). The molecular formula is C20H25NO2. The van der Waals surface area contributed by atoms with Crippen LogP contribution in [0.2, 0.25) is 0 Å². The zero-order valence-corrected chi connectivity index (χ0v) is 14.0. The maximum absolute atomic E-state index is 11.8. The van der Waals surface area contributed by atoms with E-state index in [1.165, 1.54) is 16.7 Å². The van der Waals surface area contributed by atoms with Crippen LogP contribution in [0, 0.1) is 6.92 Å². The quantitative estimate of drug-likeness (QED) is 0.755. The second kappa shape index (κ2) is 8.99. The molecule has 0 bridgehead atoms. The monoisotopic (exact) mass is 311 g/mol. The van der Waals surface area contributed by atoms with Crippen molar-refractivity contribution in [2.45, 2.75) is 33.1 Å². The van der Waals surface area contributed by atoms with Crippen molar-refractivity contribution in [3.63, 3.8) is 0 Å². The molecule has 0 atom stereocenters. The van der Waals surface area contributed by atoms with Crippen LogP contribution in [-0.4, -0.2) is 19.1 Å². The average molecular weight is 311 g/mol. The van der Waals surface area contributed by atoms with E-state index in [4.69, 9.17) is 4.74 Å². The summed E-state index contributed by atoms with van der Waals surface area (Å²) in [7, 11) is 0. The first-order valence-electron chi connectivity index (χ1n) is 8.21. The van der Waals surface area contributed by atoms with Crippen LogP contribution in [0.5, 0.6) is 5.75 Å². The smallest absolute Gasteiger partial charge is 0.220 e. The number of ether oxygens (including phenoxy) is 1. The Kier molecular flexibility index (Phi) is 6.67. The van der Waals surface area contributed by atoms with E-state index in [9.17, 15) is 4.79 Å². The molecule has 1 amide bonds. The van der Waals surface area contributed by atoms with Gasteiger partial charge in [0.25, 0.3) is 0 Å². The molecule has 2 aromatic carbocycles. The zero-order valence-electron chi connectivity index (χ0n) is 14.0. The van der Waals surface area contributed by atoms with Gasteiger partial charge < -0.3 is 10.1 Å². The van der Waals surface area contributed by atoms with Crippen molar-refractivity contribution in [3.05, 3.63) is 65.2 Å². The van der Waals surface area contributed by atoms with Gasteiger partial charge in [-0.2, -0.15) is 0 Å². The lowest BCUT2D eigenvalue weighted by atomic mass is 10.1. The Labute approximate surface area is 138 Å². The van der Waals surface area contributed by atoms with Gasteiger partial charge in [-0.25, -0.2) is 0 Å². The summed E-state index contributed by atoms with van der Waals surface area (Å²) in [5.41, 5.74) is 3.69. The first-order valence-corrected chi connectivity index (χ1v) is 8.21. The highest BCUT2D eigenvalue weighted by atomic mass is 16.5. The Morgan fingerprint density at radius 3 is 2.52 bits per heavy atom. The average Bonchev–Trinajstić information content (AvgIpc) is 2.57. The van der Waals surface area contributed by atoms with E-state index in [2.05, 4.69) is 36.5 Å². The third-order valence-corrected chi connectivity index (χ3v) is 3.75. The summed E-state index contributed by atoms with van der Waals surface area (Å²) in [4.78, 5) is 11.8. The van der Waals surface area contributed by atoms with Gasteiger partial charge in [-0.1, -0.05) is 43.3 Å². The number of carbonyl (C=O) groups is 1. The molecule has 0 heterocycles. The van der Waals surface area contributed by atoms with Crippen LogP contribution in [0.15, 0.2) is 48.5 Å². The van der Waals surface area contributed by atoms with Crippen LogP contribution in [-0.2, 0) is 17.6 Å². The van der Waals surface area contributed by atoms with E-state index in [1.54, 1.807) is 0 Å². The molecule has 0 saturated carbocycles. The third-order valence-electron chi connectivity index (χ3n) is 3.75. The van der Waals surface area contributed by atoms with E-state index >= 15 is 0 Å². The zero-order chi connectivity index (χ0) is 16.5. The summed E-state index contributed by atoms with van der Waals surface area (Å²) < 4.78 is 5.61. The fourth-order valence-electron chi connectivity index (χ4n) is 2.35. The largest absolute Gasteiger partial charge is 0.492 e. The molecule has 0 spiro atoms. The number of nitrogens with one attached hydrogen (secondary N) is 1. The van der Waals surface area contributed by atoms with Gasteiger partial charge in [-0.15, -0.1) is 0 Å². The second-order valence-corrected chi connectivity index (χ2v) is 5.68. The van der Waals surface area contributed by atoms with Crippen LogP contribution in [0.25, 0.3) is 0 Å². The number of aryl methyl sites for hydroxylation is 3. The predicted molar refractivity (Wildman–Crippen MR) is 93.8 cm³/mol. The predicted octanol–water partition coefficient (Wildman–Crippen LogP) is 3.69. The van der Waals surface area contributed by atoms with Gasteiger partial charge in [0.05, 0.1) is 6.54 Å². The Balaban J connectivity index is 1.63. The molecule has 0 radical (unpaired) electrons. The van der Waals surface area contributed by atoms with Gasteiger partial charge >= 0.3 is 0 Å². The molecule has 0 aliphatic heterocycles. The van der Waals surface area contributed by atoms with E-state index in [1.807, 2.05) is 31.2 Å². The first-order chi connectivity index (χ1) is 11.2. The molecule has 0 saturated heterocycles. The molecule has 0 fully saturated rings. The minimum Gasteiger partial charge on any atom is -0.492 e. The molecule has 0 aromatic heterocycles. The molecule has 0 aliphatic rings. The minimum absolute atomic E-state index is 0.0670. The summed E-state index contributed by atoms with van der Waals surface area (Å²) in [6, 6.07) is 16.4. The van der Waals surface area contributed by atoms with Gasteiger partial charge in [0, 0.05) is 6.42 Å². The highest BCUT2D eigenvalue weighted by Crippen LogP contribution is 2.11. The van der Waals surface area contributed by atoms with Crippen LogP contribution in [0.4, 0.5) is 0 Å². The van der Waals surface area contributed by atoms with Crippen LogP contribution < -0.4 is 10.1 Å². The van der Waals surface area contributed by atoms with Crippen molar-refractivity contribution in [2.75, 3.05) is 13.2 Å². The number of carbonyl (C=O) groups excluding carboxylic acids is 1. The first kappa shape index (κ1) is 17.1. The van der Waals surface area contributed by atoms with Crippen molar-refractivity contribution in [3.8, 4) is 5.75 Å². The number of hydrogen-bond acceptors (Lipinski definition) is 2. The fraction of sp³-hybridized carbons (Fsp3) is 0.350. The topological polar surface area (TPSA) is 38.3 Å². The maximum Gasteiger partial charge on any atom is 0.220 e. The van der Waals surface area contributed by atoms with Crippen molar-refractivity contribution in [1.82, 2.24) is 5.32 Å². The van der Waals surface area contributed by atoms with Crippen molar-refractivity contribution in [1.29, 1.82) is 0 Å². The van der Waals surface area contributed by atoms with Gasteiger partial charge in [-0.05, 0) is 48.6 Å². The van der Waals surface area contributed by atoms with Gasteiger partial charge in [0.2, 0.25) is 5.91 Å². The highest BCUT2D eigenvalue weighted by molar-refractivity contribution is 5.76. The Morgan fingerprint density at radius 2 is 1.83 bits per heavy atom. The van der Waals surface area contributed by atoms with Crippen LogP contribution in [0.1, 0.15) is 30.0 Å². The Bertz CT molecular complexity index is 620. The summed E-state index contributed by atoms with van der Waals surface area (Å²) >= 11 is 0. The number of amides is 1. The summed E-state index contributed by atoms with van der Waals surface area (Å²) in [5, 5.41) is 2.90.